The van der Waals surface area contributed by atoms with Gasteiger partial charge in [0, 0.05) is 23.6 Å². The van der Waals surface area contributed by atoms with Crippen LogP contribution in [0.5, 0.6) is 0 Å². The molecule has 3 N–H and O–H groups in total. The zero-order valence-corrected chi connectivity index (χ0v) is 16.2. The number of halogens is 4. The number of sulfonamides is 1. The molecule has 3 aromatic rings. The fourth-order valence-corrected chi connectivity index (χ4v) is 3.88. The standard InChI is InChI=1S/C19H17F4N3O3S/c20-14-4-5-16-12(10-25-17(16)9-14)6-7-24-18(27)11-26-30(28,29)15-3-1-2-13(8-15)19(21,22)23/h1-5,8-10,25-26H,6-7,11H2,(H,24,27). The quantitative estimate of drug-likeness (QED) is 0.491. The largest absolute Gasteiger partial charge is 0.416 e. The van der Waals surface area contributed by atoms with Crippen LogP contribution in [0.3, 0.4) is 0 Å². The number of aromatic amines is 1. The molecule has 0 atom stereocenters. The SMILES string of the molecule is O=C(CNS(=O)(=O)c1cccc(C(F)(F)F)c1)NCCc1c[nH]c2cc(F)ccc12. The van der Waals surface area contributed by atoms with Crippen molar-refractivity contribution in [2.24, 2.45) is 0 Å². The van der Waals surface area contributed by atoms with Crippen LogP contribution < -0.4 is 10.0 Å². The van der Waals surface area contributed by atoms with Gasteiger partial charge in [-0.3, -0.25) is 4.79 Å². The van der Waals surface area contributed by atoms with Crippen LogP contribution >= 0.6 is 0 Å². The van der Waals surface area contributed by atoms with Gasteiger partial charge in [0.05, 0.1) is 17.0 Å². The van der Waals surface area contributed by atoms with Crippen LogP contribution in [0.15, 0.2) is 53.6 Å². The number of rotatable bonds is 7. The normalized spacial score (nSPS) is 12.3. The summed E-state index contributed by atoms with van der Waals surface area (Å²) in [5.41, 5.74) is 0.355. The minimum atomic E-state index is -4.68. The zero-order valence-electron chi connectivity index (χ0n) is 15.4. The van der Waals surface area contributed by atoms with Crippen molar-refractivity contribution < 1.29 is 30.8 Å². The van der Waals surface area contributed by atoms with Gasteiger partial charge in [-0.1, -0.05) is 6.07 Å². The van der Waals surface area contributed by atoms with Gasteiger partial charge in [-0.2, -0.15) is 13.2 Å². The number of H-pyrrole nitrogens is 1. The van der Waals surface area contributed by atoms with Gasteiger partial charge in [-0.05, 0) is 48.4 Å². The maximum atomic E-state index is 13.2. The van der Waals surface area contributed by atoms with Gasteiger partial charge in [0.1, 0.15) is 5.82 Å². The van der Waals surface area contributed by atoms with Crippen LogP contribution in [-0.4, -0.2) is 32.4 Å². The predicted molar refractivity (Wildman–Crippen MR) is 102 cm³/mol. The molecule has 160 valence electrons. The van der Waals surface area contributed by atoms with Gasteiger partial charge in [0.2, 0.25) is 15.9 Å². The van der Waals surface area contributed by atoms with E-state index in [0.717, 1.165) is 29.1 Å². The molecular weight excluding hydrogens is 426 g/mol. The number of fused-ring (bicyclic) bond motifs is 1. The Morgan fingerprint density at radius 3 is 2.60 bits per heavy atom. The molecule has 0 bridgehead atoms. The van der Waals surface area contributed by atoms with Crippen LogP contribution in [0.2, 0.25) is 0 Å². The fourth-order valence-electron chi connectivity index (χ4n) is 2.85. The second kappa shape index (κ2) is 8.44. The Morgan fingerprint density at radius 1 is 1.10 bits per heavy atom. The molecule has 30 heavy (non-hydrogen) atoms. The number of benzene rings is 2. The second-order valence-electron chi connectivity index (χ2n) is 6.45. The van der Waals surface area contributed by atoms with E-state index in [9.17, 15) is 30.8 Å². The molecular formula is C19H17F4N3O3S. The Balaban J connectivity index is 1.54. The molecule has 3 rings (SSSR count). The summed E-state index contributed by atoms with van der Waals surface area (Å²) in [6.07, 6.45) is -2.58. The Hall–Kier alpha value is -2.92. The lowest BCUT2D eigenvalue weighted by molar-refractivity contribution is -0.137. The van der Waals surface area contributed by atoms with E-state index in [-0.39, 0.29) is 12.4 Å². The van der Waals surface area contributed by atoms with Crippen molar-refractivity contribution in [3.63, 3.8) is 0 Å². The molecule has 1 amide bonds. The van der Waals surface area contributed by atoms with E-state index in [1.807, 2.05) is 4.72 Å². The molecule has 0 spiro atoms. The molecule has 0 aliphatic rings. The molecule has 0 saturated heterocycles. The molecule has 1 heterocycles. The van der Waals surface area contributed by atoms with Crippen molar-refractivity contribution >= 4 is 26.8 Å². The molecule has 1 aromatic heterocycles. The topological polar surface area (TPSA) is 91.1 Å². The van der Waals surface area contributed by atoms with Gasteiger partial charge < -0.3 is 10.3 Å². The summed E-state index contributed by atoms with van der Waals surface area (Å²) < 4.78 is 77.7. The van der Waals surface area contributed by atoms with Crippen molar-refractivity contribution in [1.82, 2.24) is 15.0 Å². The highest BCUT2D eigenvalue weighted by molar-refractivity contribution is 7.89. The van der Waals surface area contributed by atoms with Crippen LogP contribution in [0, 0.1) is 5.82 Å². The lowest BCUT2D eigenvalue weighted by Gasteiger charge is -2.10. The highest BCUT2D eigenvalue weighted by Crippen LogP contribution is 2.30. The molecule has 0 radical (unpaired) electrons. The molecule has 0 saturated carbocycles. The molecule has 0 aliphatic carbocycles. The zero-order chi connectivity index (χ0) is 21.9. The van der Waals surface area contributed by atoms with Crippen LogP contribution in [0.4, 0.5) is 17.6 Å². The number of carbonyl (C=O) groups excluding carboxylic acids is 1. The fraction of sp³-hybridized carbons (Fsp3) is 0.211. The first-order valence-corrected chi connectivity index (χ1v) is 10.2. The Morgan fingerprint density at radius 2 is 1.87 bits per heavy atom. The van der Waals surface area contributed by atoms with Crippen LogP contribution in [0.1, 0.15) is 11.1 Å². The highest BCUT2D eigenvalue weighted by Gasteiger charge is 2.31. The van der Waals surface area contributed by atoms with Crippen molar-refractivity contribution in [1.29, 1.82) is 0 Å². The average Bonchev–Trinajstić information content (AvgIpc) is 3.08. The Kier molecular flexibility index (Phi) is 6.13. The lowest BCUT2D eigenvalue weighted by Crippen LogP contribution is -2.37. The smallest absolute Gasteiger partial charge is 0.361 e. The summed E-state index contributed by atoms with van der Waals surface area (Å²) in [6, 6.07) is 7.52. The van der Waals surface area contributed by atoms with E-state index in [4.69, 9.17) is 0 Å². The summed E-state index contributed by atoms with van der Waals surface area (Å²) in [7, 11) is -4.29. The number of hydrogen-bond acceptors (Lipinski definition) is 3. The number of aromatic nitrogens is 1. The molecule has 0 aliphatic heterocycles. The van der Waals surface area contributed by atoms with Gasteiger partial charge in [0.15, 0.2) is 0 Å². The van der Waals surface area contributed by atoms with E-state index in [0.29, 0.717) is 18.0 Å². The molecule has 11 heteroatoms. The first-order valence-electron chi connectivity index (χ1n) is 8.75. The van der Waals surface area contributed by atoms with Gasteiger partial charge in [-0.15, -0.1) is 0 Å². The van der Waals surface area contributed by atoms with Crippen molar-refractivity contribution in [2.45, 2.75) is 17.5 Å². The number of amides is 1. The van der Waals surface area contributed by atoms with E-state index >= 15 is 0 Å². The third-order valence-corrected chi connectivity index (χ3v) is 5.74. The molecule has 6 nitrogen and oxygen atoms in total. The van der Waals surface area contributed by atoms with Crippen molar-refractivity contribution in [3.05, 3.63) is 65.6 Å². The maximum absolute atomic E-state index is 13.2. The summed E-state index contributed by atoms with van der Waals surface area (Å²) in [5.74, 6) is -1.02. The molecule has 0 unspecified atom stereocenters. The number of nitrogens with one attached hydrogen (secondary N) is 3. The summed E-state index contributed by atoms with van der Waals surface area (Å²) in [6.45, 7) is -0.438. The minimum Gasteiger partial charge on any atom is -0.361 e. The maximum Gasteiger partial charge on any atom is 0.416 e. The Labute approximate surface area is 169 Å². The highest BCUT2D eigenvalue weighted by atomic mass is 32.2. The lowest BCUT2D eigenvalue weighted by atomic mass is 10.1. The van der Waals surface area contributed by atoms with Crippen molar-refractivity contribution in [2.75, 3.05) is 13.1 Å². The van der Waals surface area contributed by atoms with Crippen LogP contribution in [-0.2, 0) is 27.4 Å². The minimum absolute atomic E-state index is 0.189. The van der Waals surface area contributed by atoms with E-state index in [1.165, 1.54) is 12.1 Å². The van der Waals surface area contributed by atoms with E-state index in [2.05, 4.69) is 10.3 Å². The third-order valence-electron chi connectivity index (χ3n) is 4.34. The van der Waals surface area contributed by atoms with Crippen molar-refractivity contribution in [3.8, 4) is 0 Å². The first kappa shape index (κ1) is 21.8. The number of carbonyl (C=O) groups is 1. The number of alkyl halides is 3. The second-order valence-corrected chi connectivity index (χ2v) is 8.22. The summed E-state index contributed by atoms with van der Waals surface area (Å²) >= 11 is 0. The van der Waals surface area contributed by atoms with Gasteiger partial charge in [-0.25, -0.2) is 17.5 Å². The number of hydrogen-bond donors (Lipinski definition) is 3. The Bertz CT molecular complexity index is 1170. The average molecular weight is 443 g/mol. The van der Waals surface area contributed by atoms with E-state index in [1.54, 1.807) is 12.3 Å². The first-order chi connectivity index (χ1) is 14.1. The molecule has 0 fully saturated rings. The summed E-state index contributed by atoms with van der Waals surface area (Å²) in [4.78, 5) is 14.2. The summed E-state index contributed by atoms with van der Waals surface area (Å²) in [5, 5.41) is 3.32. The molecule has 2 aromatic carbocycles. The van der Waals surface area contributed by atoms with E-state index < -0.39 is 39.1 Å². The van der Waals surface area contributed by atoms with Crippen LogP contribution in [0.25, 0.3) is 10.9 Å². The van der Waals surface area contributed by atoms with Gasteiger partial charge in [0.25, 0.3) is 0 Å². The third kappa shape index (κ3) is 5.16. The van der Waals surface area contributed by atoms with Gasteiger partial charge >= 0.3 is 6.18 Å². The predicted octanol–water partition coefficient (Wildman–Crippen LogP) is 2.96. The monoisotopic (exact) mass is 443 g/mol.